The number of alkyl halides is 3. The van der Waals surface area contributed by atoms with Crippen molar-refractivity contribution in [1.82, 2.24) is 10.1 Å². The molecular formula is C17H14Cl2F2N3O3P. The third kappa shape index (κ3) is 4.70. The number of hydrogen-bond donors (Lipinski definition) is 1. The van der Waals surface area contributed by atoms with Gasteiger partial charge in [0.05, 0.1) is 11.9 Å². The highest BCUT2D eigenvalue weighted by Gasteiger charge is 2.35. The quantitative estimate of drug-likeness (QED) is 0.372. The van der Waals surface area contributed by atoms with E-state index in [-0.39, 0.29) is 12.4 Å². The Balaban J connectivity index is 1.87. The van der Waals surface area contributed by atoms with Crippen LogP contribution in [0.2, 0.25) is 5.02 Å². The third-order valence-electron chi connectivity index (χ3n) is 3.57. The number of nitrogens with one attached hydrogen (secondary N) is 1. The molecule has 0 aliphatic heterocycles. The highest BCUT2D eigenvalue weighted by molar-refractivity contribution is 7.68. The SMILES string of the molecule is CCOP(=O)(Nc1ccc(Cl)cc1)c1ccc(-c2noc(C(F)(F)Cl)n2)cc1. The number of benzene rings is 2. The fraction of sp³-hybridized carbons (Fsp3) is 0.176. The Morgan fingerprint density at radius 2 is 1.82 bits per heavy atom. The minimum absolute atomic E-state index is 0.0706. The first-order chi connectivity index (χ1) is 13.2. The molecule has 0 fully saturated rings. The van der Waals surface area contributed by atoms with Crippen LogP contribution in [0, 0.1) is 0 Å². The number of rotatable bonds is 7. The number of anilines is 1. The van der Waals surface area contributed by atoms with Crippen molar-refractivity contribution in [2.24, 2.45) is 0 Å². The van der Waals surface area contributed by atoms with Crippen molar-refractivity contribution >= 4 is 41.7 Å². The first-order valence-electron chi connectivity index (χ1n) is 8.01. The Labute approximate surface area is 169 Å². The van der Waals surface area contributed by atoms with Gasteiger partial charge in [0.2, 0.25) is 5.82 Å². The zero-order valence-corrected chi connectivity index (χ0v) is 16.8. The van der Waals surface area contributed by atoms with Crippen molar-refractivity contribution in [2.45, 2.75) is 12.3 Å². The predicted octanol–water partition coefficient (Wildman–Crippen LogP) is 5.65. The monoisotopic (exact) mass is 447 g/mol. The van der Waals surface area contributed by atoms with Crippen LogP contribution in [0.4, 0.5) is 14.5 Å². The van der Waals surface area contributed by atoms with Gasteiger partial charge in [0, 0.05) is 16.3 Å². The second kappa shape index (κ2) is 8.17. The molecule has 1 N–H and O–H groups in total. The van der Waals surface area contributed by atoms with Gasteiger partial charge in [-0.2, -0.15) is 13.8 Å². The van der Waals surface area contributed by atoms with Crippen LogP contribution in [-0.2, 0) is 14.5 Å². The molecule has 3 rings (SSSR count). The lowest BCUT2D eigenvalue weighted by Crippen LogP contribution is -2.14. The number of hydrogen-bond acceptors (Lipinski definition) is 5. The van der Waals surface area contributed by atoms with E-state index in [1.165, 1.54) is 24.3 Å². The van der Waals surface area contributed by atoms with Crippen LogP contribution in [0.3, 0.4) is 0 Å². The second-order valence-corrected chi connectivity index (χ2v) is 8.57. The molecule has 28 heavy (non-hydrogen) atoms. The van der Waals surface area contributed by atoms with Crippen LogP contribution in [0.25, 0.3) is 11.4 Å². The highest BCUT2D eigenvalue weighted by Crippen LogP contribution is 2.46. The second-order valence-electron chi connectivity index (χ2n) is 5.56. The molecule has 0 aliphatic rings. The molecule has 148 valence electrons. The van der Waals surface area contributed by atoms with Crippen molar-refractivity contribution in [3.05, 3.63) is 59.4 Å². The summed E-state index contributed by atoms with van der Waals surface area (Å²) >= 11 is 10.7. The van der Waals surface area contributed by atoms with Gasteiger partial charge in [-0.3, -0.25) is 4.57 Å². The molecule has 0 bridgehead atoms. The lowest BCUT2D eigenvalue weighted by Gasteiger charge is -2.20. The minimum atomic E-state index is -3.75. The lowest BCUT2D eigenvalue weighted by atomic mass is 10.2. The van der Waals surface area contributed by atoms with Crippen LogP contribution in [0.1, 0.15) is 12.8 Å². The molecule has 0 saturated carbocycles. The average molecular weight is 448 g/mol. The number of nitrogens with zero attached hydrogens (tertiary/aromatic N) is 2. The van der Waals surface area contributed by atoms with Crippen molar-refractivity contribution < 1.29 is 22.4 Å². The van der Waals surface area contributed by atoms with Crippen LogP contribution < -0.4 is 10.4 Å². The van der Waals surface area contributed by atoms with Crippen LogP contribution in [0.5, 0.6) is 0 Å². The summed E-state index contributed by atoms with van der Waals surface area (Å²) in [4.78, 5) is 3.57. The summed E-state index contributed by atoms with van der Waals surface area (Å²) in [6, 6.07) is 12.8. The Kier molecular flexibility index (Phi) is 6.05. The van der Waals surface area contributed by atoms with E-state index in [4.69, 9.17) is 27.7 Å². The molecule has 2 aromatic carbocycles. The maximum atomic E-state index is 13.3. The Morgan fingerprint density at radius 1 is 1.18 bits per heavy atom. The smallest absolute Gasteiger partial charge is 0.331 e. The average Bonchev–Trinajstić information content (AvgIpc) is 3.15. The van der Waals surface area contributed by atoms with Crippen molar-refractivity contribution in [3.63, 3.8) is 0 Å². The molecule has 0 radical (unpaired) electrons. The van der Waals surface area contributed by atoms with Gasteiger partial charge in [0.1, 0.15) is 0 Å². The fourth-order valence-corrected chi connectivity index (χ4v) is 4.25. The van der Waals surface area contributed by atoms with Crippen molar-refractivity contribution in [3.8, 4) is 11.4 Å². The molecule has 1 unspecified atom stereocenters. The van der Waals surface area contributed by atoms with E-state index < -0.39 is 18.8 Å². The van der Waals surface area contributed by atoms with Crippen molar-refractivity contribution in [1.29, 1.82) is 0 Å². The fourth-order valence-electron chi connectivity index (χ4n) is 2.31. The van der Waals surface area contributed by atoms with E-state index in [1.807, 2.05) is 0 Å². The maximum absolute atomic E-state index is 13.3. The summed E-state index contributed by atoms with van der Waals surface area (Å²) in [6.07, 6.45) is 0. The largest absolute Gasteiger partial charge is 0.400 e. The van der Waals surface area contributed by atoms with Gasteiger partial charge in [-0.15, -0.1) is 0 Å². The van der Waals surface area contributed by atoms with Crippen LogP contribution in [0.15, 0.2) is 53.1 Å². The highest BCUT2D eigenvalue weighted by atomic mass is 35.5. The van der Waals surface area contributed by atoms with E-state index in [1.54, 1.807) is 31.2 Å². The lowest BCUT2D eigenvalue weighted by molar-refractivity contribution is 0.0551. The van der Waals surface area contributed by atoms with Gasteiger partial charge in [0.25, 0.3) is 0 Å². The molecule has 1 aromatic heterocycles. The Hall–Kier alpha value is -1.99. The summed E-state index contributed by atoms with van der Waals surface area (Å²) < 4.78 is 49.3. The molecule has 3 aromatic rings. The summed E-state index contributed by atoms with van der Waals surface area (Å²) in [5, 5.41) is 3.54. The number of aromatic nitrogens is 2. The molecule has 0 saturated heterocycles. The van der Waals surface area contributed by atoms with E-state index in [9.17, 15) is 13.3 Å². The van der Waals surface area contributed by atoms with Crippen LogP contribution >= 0.6 is 30.7 Å². The van der Waals surface area contributed by atoms with E-state index in [0.29, 0.717) is 21.6 Å². The van der Waals surface area contributed by atoms with Crippen molar-refractivity contribution in [2.75, 3.05) is 11.7 Å². The van der Waals surface area contributed by atoms with Gasteiger partial charge < -0.3 is 14.1 Å². The predicted molar refractivity (Wildman–Crippen MR) is 103 cm³/mol. The van der Waals surface area contributed by atoms with Gasteiger partial charge in [-0.1, -0.05) is 28.9 Å². The standard InChI is InChI=1S/C17H14Cl2F2N3O3P/c1-2-26-28(25,24-13-7-5-12(18)6-8-13)14-9-3-11(4-10-14)15-22-16(27-23-15)17(19,20)21/h3-10H,2H2,1H3,(H,24,25). The van der Waals surface area contributed by atoms with Crippen LogP contribution in [-0.4, -0.2) is 16.7 Å². The first-order valence-corrected chi connectivity index (χ1v) is 10.4. The summed E-state index contributed by atoms with van der Waals surface area (Å²) in [5.74, 6) is -1.07. The maximum Gasteiger partial charge on any atom is 0.400 e. The van der Waals surface area contributed by atoms with Gasteiger partial charge in [0.15, 0.2) is 0 Å². The van der Waals surface area contributed by atoms with E-state index in [2.05, 4.69) is 19.8 Å². The van der Waals surface area contributed by atoms with E-state index >= 15 is 0 Å². The summed E-state index contributed by atoms with van der Waals surface area (Å²) in [5.41, 5.74) is 0.951. The summed E-state index contributed by atoms with van der Waals surface area (Å²) in [7, 11) is -3.44. The van der Waals surface area contributed by atoms with Gasteiger partial charge in [-0.25, -0.2) is 0 Å². The zero-order chi connectivity index (χ0) is 20.4. The normalized spacial score (nSPS) is 13.9. The minimum Gasteiger partial charge on any atom is -0.331 e. The third-order valence-corrected chi connectivity index (χ3v) is 6.13. The topological polar surface area (TPSA) is 77.2 Å². The van der Waals surface area contributed by atoms with E-state index in [0.717, 1.165) is 0 Å². The molecule has 1 heterocycles. The summed E-state index contributed by atoms with van der Waals surface area (Å²) in [6.45, 7) is 1.93. The molecule has 11 heteroatoms. The molecule has 0 amide bonds. The molecule has 0 aliphatic carbocycles. The molecule has 6 nitrogen and oxygen atoms in total. The molecule has 0 spiro atoms. The van der Waals surface area contributed by atoms with Gasteiger partial charge in [-0.05, 0) is 54.9 Å². The Morgan fingerprint density at radius 3 is 2.36 bits per heavy atom. The molecule has 1 atom stereocenters. The first kappa shape index (κ1) is 20.7. The number of halogens is 4. The Bertz CT molecular complexity index is 992. The zero-order valence-electron chi connectivity index (χ0n) is 14.4. The van der Waals surface area contributed by atoms with Gasteiger partial charge >= 0.3 is 18.8 Å². The molecular weight excluding hydrogens is 434 g/mol.